The van der Waals surface area contributed by atoms with Crippen LogP contribution in [0.4, 0.5) is 0 Å². The number of rotatable bonds is 5. The number of nitrogens with zero attached hydrogens (tertiary/aromatic N) is 1. The van der Waals surface area contributed by atoms with Gasteiger partial charge >= 0.3 is 0 Å². The van der Waals surface area contributed by atoms with Crippen molar-refractivity contribution in [3.05, 3.63) is 27.1 Å². The Bertz CT molecular complexity index is 424. The zero-order valence-corrected chi connectivity index (χ0v) is 13.1. The molecular formula is C13H15Br2NO. The third-order valence-corrected chi connectivity index (χ3v) is 3.51. The number of nitriles is 1. The standard InChI is InChI=1S/C13H15Br2NO/c1-13(2,9-16)6-3-7-17-12-5-4-10(14)8-11(12)15/h4-5,8H,3,6-7H2,1-2H3. The Morgan fingerprint density at radius 3 is 2.65 bits per heavy atom. The van der Waals surface area contributed by atoms with Gasteiger partial charge in [0.1, 0.15) is 5.75 Å². The summed E-state index contributed by atoms with van der Waals surface area (Å²) >= 11 is 6.84. The van der Waals surface area contributed by atoms with E-state index in [0.29, 0.717) is 6.61 Å². The van der Waals surface area contributed by atoms with Gasteiger partial charge in [-0.3, -0.25) is 0 Å². The summed E-state index contributed by atoms with van der Waals surface area (Å²) in [7, 11) is 0. The highest BCUT2D eigenvalue weighted by Gasteiger charge is 2.15. The fourth-order valence-electron chi connectivity index (χ4n) is 1.34. The van der Waals surface area contributed by atoms with Gasteiger partial charge in [-0.2, -0.15) is 5.26 Å². The average Bonchev–Trinajstić information content (AvgIpc) is 2.27. The maximum atomic E-state index is 8.88. The minimum Gasteiger partial charge on any atom is -0.492 e. The summed E-state index contributed by atoms with van der Waals surface area (Å²) in [5, 5.41) is 8.88. The van der Waals surface area contributed by atoms with E-state index in [-0.39, 0.29) is 5.41 Å². The summed E-state index contributed by atoms with van der Waals surface area (Å²) in [6, 6.07) is 8.10. The summed E-state index contributed by atoms with van der Waals surface area (Å²) in [6.07, 6.45) is 1.72. The SMILES string of the molecule is CC(C)(C#N)CCCOc1ccc(Br)cc1Br. The van der Waals surface area contributed by atoms with E-state index in [1.54, 1.807) is 0 Å². The molecule has 0 aliphatic rings. The molecule has 17 heavy (non-hydrogen) atoms. The van der Waals surface area contributed by atoms with Gasteiger partial charge in [0.25, 0.3) is 0 Å². The molecular weight excluding hydrogens is 346 g/mol. The zero-order valence-electron chi connectivity index (χ0n) is 9.96. The topological polar surface area (TPSA) is 33.0 Å². The van der Waals surface area contributed by atoms with Gasteiger partial charge in [0.2, 0.25) is 0 Å². The maximum Gasteiger partial charge on any atom is 0.133 e. The van der Waals surface area contributed by atoms with Gasteiger partial charge in [-0.05, 0) is 60.8 Å². The van der Waals surface area contributed by atoms with E-state index in [0.717, 1.165) is 27.5 Å². The normalized spacial score (nSPS) is 11.0. The van der Waals surface area contributed by atoms with Gasteiger partial charge in [-0.1, -0.05) is 15.9 Å². The molecule has 1 rings (SSSR count). The lowest BCUT2D eigenvalue weighted by molar-refractivity contribution is 0.283. The molecule has 0 unspecified atom stereocenters. The molecule has 0 atom stereocenters. The number of benzene rings is 1. The molecule has 0 spiro atoms. The Labute approximate surface area is 119 Å². The second kappa shape index (κ2) is 6.42. The van der Waals surface area contributed by atoms with E-state index in [9.17, 15) is 0 Å². The molecule has 1 aromatic carbocycles. The van der Waals surface area contributed by atoms with Gasteiger partial charge in [0.15, 0.2) is 0 Å². The molecule has 0 radical (unpaired) electrons. The fraction of sp³-hybridized carbons (Fsp3) is 0.462. The van der Waals surface area contributed by atoms with E-state index < -0.39 is 0 Å². The average molecular weight is 361 g/mol. The number of halogens is 2. The third-order valence-electron chi connectivity index (χ3n) is 2.40. The predicted molar refractivity (Wildman–Crippen MR) is 76.0 cm³/mol. The van der Waals surface area contributed by atoms with E-state index >= 15 is 0 Å². The predicted octanol–water partition coefficient (Wildman–Crippen LogP) is 4.92. The highest BCUT2D eigenvalue weighted by atomic mass is 79.9. The Hall–Kier alpha value is -0.530. The molecule has 92 valence electrons. The summed E-state index contributed by atoms with van der Waals surface area (Å²) < 4.78 is 7.61. The summed E-state index contributed by atoms with van der Waals surface area (Å²) in [4.78, 5) is 0. The molecule has 0 aliphatic heterocycles. The highest BCUT2D eigenvalue weighted by Crippen LogP contribution is 2.28. The molecule has 1 aromatic rings. The van der Waals surface area contributed by atoms with E-state index in [4.69, 9.17) is 10.00 Å². The minimum atomic E-state index is -0.264. The maximum absolute atomic E-state index is 8.88. The number of hydrogen-bond donors (Lipinski definition) is 0. The van der Waals surface area contributed by atoms with Crippen LogP contribution >= 0.6 is 31.9 Å². The summed E-state index contributed by atoms with van der Waals surface area (Å²) in [5.41, 5.74) is -0.264. The largest absolute Gasteiger partial charge is 0.492 e. The number of ether oxygens (including phenoxy) is 1. The van der Waals surface area contributed by atoms with Crippen LogP contribution < -0.4 is 4.74 Å². The van der Waals surface area contributed by atoms with Gasteiger partial charge in [0.05, 0.1) is 22.6 Å². The molecule has 0 fully saturated rings. The Balaban J connectivity index is 2.39. The molecule has 4 heteroatoms. The van der Waals surface area contributed by atoms with Crippen LogP contribution in [-0.2, 0) is 0 Å². The number of hydrogen-bond acceptors (Lipinski definition) is 2. The van der Waals surface area contributed by atoms with Crippen LogP contribution in [0.3, 0.4) is 0 Å². The van der Waals surface area contributed by atoms with Crippen LogP contribution in [0.25, 0.3) is 0 Å². The quantitative estimate of drug-likeness (QED) is 0.698. The van der Waals surface area contributed by atoms with Crippen molar-refractivity contribution in [2.75, 3.05) is 6.61 Å². The van der Waals surface area contributed by atoms with Crippen LogP contribution in [0, 0.1) is 16.7 Å². The summed E-state index contributed by atoms with van der Waals surface area (Å²) in [6.45, 7) is 4.52. The van der Waals surface area contributed by atoms with E-state index in [1.165, 1.54) is 0 Å². The lowest BCUT2D eigenvalue weighted by atomic mass is 9.90. The van der Waals surface area contributed by atoms with Crippen molar-refractivity contribution in [3.8, 4) is 11.8 Å². The first-order valence-corrected chi connectivity index (χ1v) is 7.02. The van der Waals surface area contributed by atoms with Crippen molar-refractivity contribution in [2.45, 2.75) is 26.7 Å². The van der Waals surface area contributed by atoms with Crippen LogP contribution in [0.15, 0.2) is 27.1 Å². The van der Waals surface area contributed by atoms with Crippen molar-refractivity contribution < 1.29 is 4.74 Å². The van der Waals surface area contributed by atoms with Crippen LogP contribution in [0.2, 0.25) is 0 Å². The highest BCUT2D eigenvalue weighted by molar-refractivity contribution is 9.11. The molecule has 2 nitrogen and oxygen atoms in total. The lowest BCUT2D eigenvalue weighted by Crippen LogP contribution is -2.10. The molecule has 0 heterocycles. The lowest BCUT2D eigenvalue weighted by Gasteiger charge is -2.15. The van der Waals surface area contributed by atoms with Crippen molar-refractivity contribution in [1.29, 1.82) is 5.26 Å². The summed E-state index contributed by atoms with van der Waals surface area (Å²) in [5.74, 6) is 0.836. The molecule has 0 bridgehead atoms. The van der Waals surface area contributed by atoms with Gasteiger partial charge < -0.3 is 4.74 Å². The first-order chi connectivity index (χ1) is 7.94. The molecule has 0 saturated heterocycles. The fourth-order valence-corrected chi connectivity index (χ4v) is 2.51. The second-order valence-electron chi connectivity index (χ2n) is 4.52. The monoisotopic (exact) mass is 359 g/mol. The van der Waals surface area contributed by atoms with Crippen LogP contribution in [0.1, 0.15) is 26.7 Å². The van der Waals surface area contributed by atoms with Crippen molar-refractivity contribution in [1.82, 2.24) is 0 Å². The van der Waals surface area contributed by atoms with Crippen LogP contribution in [-0.4, -0.2) is 6.61 Å². The molecule has 0 saturated carbocycles. The van der Waals surface area contributed by atoms with E-state index in [2.05, 4.69) is 37.9 Å². The zero-order chi connectivity index (χ0) is 12.9. The minimum absolute atomic E-state index is 0.264. The first kappa shape index (κ1) is 14.5. The van der Waals surface area contributed by atoms with E-state index in [1.807, 2.05) is 32.0 Å². The Morgan fingerprint density at radius 2 is 2.06 bits per heavy atom. The first-order valence-electron chi connectivity index (χ1n) is 5.44. The van der Waals surface area contributed by atoms with Crippen molar-refractivity contribution in [2.24, 2.45) is 5.41 Å². The van der Waals surface area contributed by atoms with Gasteiger partial charge in [-0.15, -0.1) is 0 Å². The molecule has 0 N–H and O–H groups in total. The molecule has 0 aromatic heterocycles. The van der Waals surface area contributed by atoms with Gasteiger partial charge in [-0.25, -0.2) is 0 Å². The second-order valence-corrected chi connectivity index (χ2v) is 6.29. The molecule has 0 aliphatic carbocycles. The van der Waals surface area contributed by atoms with Crippen LogP contribution in [0.5, 0.6) is 5.75 Å². The molecule has 0 amide bonds. The smallest absolute Gasteiger partial charge is 0.133 e. The van der Waals surface area contributed by atoms with Gasteiger partial charge in [0, 0.05) is 4.47 Å². The Morgan fingerprint density at radius 1 is 1.35 bits per heavy atom. The van der Waals surface area contributed by atoms with Crippen molar-refractivity contribution >= 4 is 31.9 Å². The third kappa shape index (κ3) is 5.10. The van der Waals surface area contributed by atoms with Crippen molar-refractivity contribution in [3.63, 3.8) is 0 Å². The Kier molecular flexibility index (Phi) is 5.48.